The monoisotopic (exact) mass is 299 g/mol. The molecular weight excluding hydrogens is 278 g/mol. The number of methoxy groups -OCH3 is 1. The number of amides is 1. The van der Waals surface area contributed by atoms with Crippen molar-refractivity contribution in [3.63, 3.8) is 0 Å². The fourth-order valence-corrected chi connectivity index (χ4v) is 2.12. The number of nitrogens with one attached hydrogen (secondary N) is 1. The quantitative estimate of drug-likeness (QED) is 0.821. The van der Waals surface area contributed by atoms with Crippen LogP contribution < -0.4 is 10.1 Å². The van der Waals surface area contributed by atoms with Crippen LogP contribution in [0.25, 0.3) is 0 Å². The van der Waals surface area contributed by atoms with Crippen molar-refractivity contribution in [2.75, 3.05) is 13.0 Å². The van der Waals surface area contributed by atoms with E-state index in [0.717, 1.165) is 0 Å². The zero-order valence-corrected chi connectivity index (χ0v) is 13.1. The topological polar surface area (TPSA) is 58.6 Å². The maximum atomic E-state index is 12.2. The van der Waals surface area contributed by atoms with Gasteiger partial charge in [-0.1, -0.05) is 20.8 Å². The molecule has 0 aliphatic carbocycles. The third-order valence-electron chi connectivity index (χ3n) is 3.20. The maximum absolute atomic E-state index is 12.2. The van der Waals surface area contributed by atoms with E-state index in [2.05, 4.69) is 5.32 Å². The molecule has 0 heterocycles. The molecule has 112 valence electrons. The van der Waals surface area contributed by atoms with E-state index in [0.29, 0.717) is 18.1 Å². The fourth-order valence-electron chi connectivity index (χ4n) is 1.90. The van der Waals surface area contributed by atoms with Crippen LogP contribution in [0.4, 0.5) is 0 Å². The van der Waals surface area contributed by atoms with Crippen LogP contribution in [0.2, 0.25) is 0 Å². The van der Waals surface area contributed by atoms with E-state index >= 15 is 0 Å². The Morgan fingerprint density at radius 3 is 2.55 bits per heavy atom. The van der Waals surface area contributed by atoms with Gasteiger partial charge in [-0.2, -0.15) is 0 Å². The number of rotatable bonds is 5. The average Bonchev–Trinajstić information content (AvgIpc) is 2.36. The Balaban J connectivity index is 2.89. The Hall–Kier alpha value is -1.42. The summed E-state index contributed by atoms with van der Waals surface area (Å²) in [6.45, 7) is 6.12. The molecule has 0 saturated carbocycles. The van der Waals surface area contributed by atoms with Crippen LogP contribution in [0, 0.1) is 5.41 Å². The van der Waals surface area contributed by atoms with Gasteiger partial charge >= 0.3 is 0 Å². The van der Waals surface area contributed by atoms with Crippen LogP contribution in [-0.2, 0) is 0 Å². The van der Waals surface area contributed by atoms with Gasteiger partial charge in [0, 0.05) is 18.0 Å². The number of ether oxygens (including phenoxy) is 1. The second kappa shape index (κ2) is 6.84. The largest absolute Gasteiger partial charge is 0.507 e. The van der Waals surface area contributed by atoms with Gasteiger partial charge in [0.15, 0.2) is 0 Å². The summed E-state index contributed by atoms with van der Waals surface area (Å²) in [6.07, 6.45) is 0.674. The maximum Gasteiger partial charge on any atom is 0.255 e. The predicted octanol–water partition coefficient (Wildman–Crippen LogP) is 3.17. The summed E-state index contributed by atoms with van der Waals surface area (Å²) < 4.78 is 4.99. The number of phenolic OH excluding ortho intramolecular Hbond substituents is 1. The lowest BCUT2D eigenvalue weighted by atomic mass is 9.85. The number of hydrogen-bond donors (Lipinski definition) is 2. The molecule has 1 rings (SSSR count). The van der Waals surface area contributed by atoms with E-state index in [4.69, 9.17) is 16.3 Å². The number of phenols is 1. The van der Waals surface area contributed by atoms with Crippen molar-refractivity contribution in [2.24, 2.45) is 5.41 Å². The molecule has 1 amide bonds. The van der Waals surface area contributed by atoms with Gasteiger partial charge in [-0.15, -0.1) is 11.6 Å². The number of alkyl halides is 1. The number of carbonyl (C=O) groups excluding carboxylic acids is 1. The summed E-state index contributed by atoms with van der Waals surface area (Å²) in [5.41, 5.74) is 0.127. The van der Waals surface area contributed by atoms with Gasteiger partial charge in [0.1, 0.15) is 11.5 Å². The summed E-state index contributed by atoms with van der Waals surface area (Å²) in [6, 6.07) is 4.54. The standard InChI is InChI=1S/C15H22ClNO3/c1-15(2,3)13(7-8-16)17-14(19)11-6-5-10(20-4)9-12(11)18/h5-6,9,13,18H,7-8H2,1-4H3,(H,17,19). The first kappa shape index (κ1) is 16.6. The van der Waals surface area contributed by atoms with Crippen LogP contribution in [0.3, 0.4) is 0 Å². The molecule has 1 atom stereocenters. The Morgan fingerprint density at radius 1 is 1.45 bits per heavy atom. The molecule has 1 unspecified atom stereocenters. The molecule has 1 aromatic carbocycles. The minimum absolute atomic E-state index is 0.0611. The first-order chi connectivity index (χ1) is 9.29. The first-order valence-corrected chi connectivity index (χ1v) is 7.07. The predicted molar refractivity (Wildman–Crippen MR) is 80.7 cm³/mol. The Morgan fingerprint density at radius 2 is 2.10 bits per heavy atom. The molecule has 0 fully saturated rings. The van der Waals surface area contributed by atoms with Crippen molar-refractivity contribution in [1.82, 2.24) is 5.32 Å². The molecular formula is C15H22ClNO3. The molecule has 1 aromatic rings. The molecule has 0 radical (unpaired) electrons. The Labute approximate surface area is 125 Å². The van der Waals surface area contributed by atoms with Crippen LogP contribution in [-0.4, -0.2) is 30.0 Å². The average molecular weight is 300 g/mol. The van der Waals surface area contributed by atoms with E-state index in [1.807, 2.05) is 20.8 Å². The van der Waals surface area contributed by atoms with Gasteiger partial charge in [0.2, 0.25) is 0 Å². The highest BCUT2D eigenvalue weighted by Crippen LogP contribution is 2.26. The van der Waals surface area contributed by atoms with Gasteiger partial charge in [-0.25, -0.2) is 0 Å². The van der Waals surface area contributed by atoms with E-state index < -0.39 is 0 Å². The lowest BCUT2D eigenvalue weighted by Crippen LogP contribution is -2.44. The van der Waals surface area contributed by atoms with Crippen LogP contribution in [0.5, 0.6) is 11.5 Å². The lowest BCUT2D eigenvalue weighted by molar-refractivity contribution is 0.0897. The second-order valence-electron chi connectivity index (χ2n) is 5.75. The minimum Gasteiger partial charge on any atom is -0.507 e. The SMILES string of the molecule is COc1ccc(C(=O)NC(CCCl)C(C)(C)C)c(O)c1. The van der Waals surface area contributed by atoms with Gasteiger partial charge in [0.05, 0.1) is 12.7 Å². The van der Waals surface area contributed by atoms with Crippen molar-refractivity contribution < 1.29 is 14.6 Å². The molecule has 4 nitrogen and oxygen atoms in total. The van der Waals surface area contributed by atoms with Crippen molar-refractivity contribution in [3.8, 4) is 11.5 Å². The summed E-state index contributed by atoms with van der Waals surface area (Å²) in [5, 5.41) is 12.8. The smallest absolute Gasteiger partial charge is 0.255 e. The first-order valence-electron chi connectivity index (χ1n) is 6.53. The summed E-state index contributed by atoms with van der Waals surface area (Å²) >= 11 is 5.79. The second-order valence-corrected chi connectivity index (χ2v) is 6.13. The van der Waals surface area contributed by atoms with Crippen LogP contribution >= 0.6 is 11.6 Å². The molecule has 5 heteroatoms. The van der Waals surface area contributed by atoms with E-state index in [1.165, 1.54) is 13.2 Å². The fraction of sp³-hybridized carbons (Fsp3) is 0.533. The highest BCUT2D eigenvalue weighted by Gasteiger charge is 2.26. The van der Waals surface area contributed by atoms with Gasteiger partial charge in [-0.05, 0) is 24.0 Å². The normalized spacial score (nSPS) is 12.8. The highest BCUT2D eigenvalue weighted by molar-refractivity contribution is 6.17. The van der Waals surface area contributed by atoms with E-state index in [-0.39, 0.29) is 28.7 Å². The zero-order valence-electron chi connectivity index (χ0n) is 12.4. The van der Waals surface area contributed by atoms with Crippen LogP contribution in [0.1, 0.15) is 37.6 Å². The van der Waals surface area contributed by atoms with E-state index in [1.54, 1.807) is 12.1 Å². The molecule has 0 bridgehead atoms. The number of halogens is 1. The Bertz CT molecular complexity index is 469. The van der Waals surface area contributed by atoms with Gasteiger partial charge < -0.3 is 15.2 Å². The third-order valence-corrected chi connectivity index (χ3v) is 3.42. The Kier molecular flexibility index (Phi) is 5.69. The molecule has 0 spiro atoms. The number of carbonyl (C=O) groups is 1. The van der Waals surface area contributed by atoms with Crippen molar-refractivity contribution in [3.05, 3.63) is 23.8 Å². The third kappa shape index (κ3) is 4.30. The molecule has 0 aliphatic heterocycles. The number of hydrogen-bond acceptors (Lipinski definition) is 3. The van der Waals surface area contributed by atoms with Gasteiger partial charge in [-0.3, -0.25) is 4.79 Å². The van der Waals surface area contributed by atoms with Crippen LogP contribution in [0.15, 0.2) is 18.2 Å². The summed E-state index contributed by atoms with van der Waals surface area (Å²) in [5.74, 6) is 0.569. The summed E-state index contributed by atoms with van der Waals surface area (Å²) in [4.78, 5) is 12.2. The van der Waals surface area contributed by atoms with Crippen molar-refractivity contribution in [2.45, 2.75) is 33.2 Å². The summed E-state index contributed by atoms with van der Waals surface area (Å²) in [7, 11) is 1.50. The van der Waals surface area contributed by atoms with Crippen molar-refractivity contribution in [1.29, 1.82) is 0 Å². The molecule has 20 heavy (non-hydrogen) atoms. The molecule has 0 aliphatic rings. The van der Waals surface area contributed by atoms with Gasteiger partial charge in [0.25, 0.3) is 5.91 Å². The van der Waals surface area contributed by atoms with E-state index in [9.17, 15) is 9.90 Å². The molecule has 0 saturated heterocycles. The zero-order chi connectivity index (χ0) is 15.3. The number of aromatic hydroxyl groups is 1. The minimum atomic E-state index is -0.310. The molecule has 2 N–H and O–H groups in total. The number of benzene rings is 1. The highest BCUT2D eigenvalue weighted by atomic mass is 35.5. The molecule has 0 aromatic heterocycles. The van der Waals surface area contributed by atoms with Crippen molar-refractivity contribution >= 4 is 17.5 Å². The lowest BCUT2D eigenvalue weighted by Gasteiger charge is -2.31.